The molecule has 0 fully saturated rings. The molecule has 0 saturated heterocycles. The van der Waals surface area contributed by atoms with Crippen molar-refractivity contribution in [3.63, 3.8) is 0 Å². The van der Waals surface area contributed by atoms with Crippen LogP contribution >= 0.6 is 0 Å². The molecule has 7 heteroatoms. The van der Waals surface area contributed by atoms with E-state index in [9.17, 15) is 22.4 Å². The molecule has 17 heavy (non-hydrogen) atoms. The highest BCUT2D eigenvalue weighted by molar-refractivity contribution is 5.75. The fraction of sp³-hybridized carbons (Fsp3) is 0.300. The number of benzene rings is 1. The molecule has 0 aliphatic rings. The number of hydrogen-bond donors (Lipinski definition) is 2. The normalized spacial score (nSPS) is 11.5. The van der Waals surface area contributed by atoms with E-state index in [1.165, 1.54) is 0 Å². The first-order valence-corrected chi connectivity index (χ1v) is 4.59. The van der Waals surface area contributed by atoms with Crippen molar-refractivity contribution in [2.24, 2.45) is 0 Å². The van der Waals surface area contributed by atoms with Gasteiger partial charge in [0.15, 0.2) is 0 Å². The van der Waals surface area contributed by atoms with Crippen LogP contribution in [0.25, 0.3) is 0 Å². The molecule has 2 N–H and O–H groups in total. The third-order valence-corrected chi connectivity index (χ3v) is 1.98. The van der Waals surface area contributed by atoms with E-state index in [4.69, 9.17) is 5.11 Å². The van der Waals surface area contributed by atoms with Crippen LogP contribution < -0.4 is 5.32 Å². The number of carboxylic acids is 1. The Bertz CT molecular complexity index is 423. The quantitative estimate of drug-likeness (QED) is 0.784. The van der Waals surface area contributed by atoms with E-state index in [1.54, 1.807) is 0 Å². The lowest BCUT2D eigenvalue weighted by atomic mass is 10.2. The van der Waals surface area contributed by atoms with Crippen molar-refractivity contribution < 1.29 is 27.5 Å². The van der Waals surface area contributed by atoms with Crippen molar-refractivity contribution in [2.45, 2.75) is 12.5 Å². The van der Waals surface area contributed by atoms with Crippen molar-refractivity contribution in [1.29, 1.82) is 0 Å². The second-order valence-corrected chi connectivity index (χ2v) is 3.35. The molecule has 0 aromatic heterocycles. The number of carbonyl (C=O) groups is 1. The third kappa shape index (κ3) is 3.70. The SMILES string of the molecule is O=C(O)C(F)(F)CNCc1cc(F)ccc1F. The number of alkyl halides is 2. The number of hydrogen-bond acceptors (Lipinski definition) is 2. The first-order chi connectivity index (χ1) is 7.83. The number of aliphatic carboxylic acids is 1. The number of carboxylic acid groups (broad SMARTS) is 1. The molecule has 1 aromatic rings. The summed E-state index contributed by atoms with van der Waals surface area (Å²) in [7, 11) is 0. The smallest absolute Gasteiger partial charge is 0.375 e. The molecule has 1 aromatic carbocycles. The van der Waals surface area contributed by atoms with Gasteiger partial charge in [-0.1, -0.05) is 0 Å². The molecule has 0 aliphatic carbocycles. The van der Waals surface area contributed by atoms with Gasteiger partial charge in [0.1, 0.15) is 11.6 Å². The Kier molecular flexibility index (Phi) is 4.06. The molecule has 0 unspecified atom stereocenters. The van der Waals surface area contributed by atoms with Crippen molar-refractivity contribution in [1.82, 2.24) is 5.32 Å². The lowest BCUT2D eigenvalue weighted by Gasteiger charge is -2.12. The lowest BCUT2D eigenvalue weighted by molar-refractivity contribution is -0.164. The first-order valence-electron chi connectivity index (χ1n) is 4.59. The van der Waals surface area contributed by atoms with E-state index >= 15 is 0 Å². The van der Waals surface area contributed by atoms with Crippen LogP contribution in [0, 0.1) is 11.6 Å². The summed E-state index contributed by atoms with van der Waals surface area (Å²) < 4.78 is 50.9. The highest BCUT2D eigenvalue weighted by Crippen LogP contribution is 2.13. The van der Waals surface area contributed by atoms with Gasteiger partial charge in [-0.05, 0) is 18.2 Å². The van der Waals surface area contributed by atoms with Crippen LogP contribution in [0.1, 0.15) is 5.56 Å². The van der Waals surface area contributed by atoms with Gasteiger partial charge in [-0.3, -0.25) is 0 Å². The maximum absolute atomic E-state index is 13.0. The lowest BCUT2D eigenvalue weighted by Crippen LogP contribution is -2.39. The summed E-state index contributed by atoms with van der Waals surface area (Å²) in [6.45, 7) is -1.54. The maximum atomic E-state index is 13.0. The van der Waals surface area contributed by atoms with E-state index in [2.05, 4.69) is 5.32 Å². The maximum Gasteiger partial charge on any atom is 0.375 e. The summed E-state index contributed by atoms with van der Waals surface area (Å²) in [5.41, 5.74) is -0.147. The van der Waals surface area contributed by atoms with Crippen molar-refractivity contribution in [2.75, 3.05) is 6.54 Å². The summed E-state index contributed by atoms with van der Waals surface area (Å²) >= 11 is 0. The molecule has 0 saturated carbocycles. The Labute approximate surface area is 94.1 Å². The fourth-order valence-electron chi connectivity index (χ4n) is 1.11. The zero-order chi connectivity index (χ0) is 13.1. The molecular weight excluding hydrogens is 242 g/mol. The van der Waals surface area contributed by atoms with Crippen LogP contribution in [0.2, 0.25) is 0 Å². The monoisotopic (exact) mass is 251 g/mol. The molecule has 0 heterocycles. The van der Waals surface area contributed by atoms with E-state index in [0.29, 0.717) is 0 Å². The average Bonchev–Trinajstić information content (AvgIpc) is 2.22. The Morgan fingerprint density at radius 2 is 2.00 bits per heavy atom. The summed E-state index contributed by atoms with van der Waals surface area (Å²) in [5.74, 6) is -7.67. The highest BCUT2D eigenvalue weighted by atomic mass is 19.3. The molecule has 0 aliphatic heterocycles. The van der Waals surface area contributed by atoms with Crippen LogP contribution in [0.3, 0.4) is 0 Å². The zero-order valence-corrected chi connectivity index (χ0v) is 8.51. The Morgan fingerprint density at radius 1 is 1.35 bits per heavy atom. The summed E-state index contributed by atoms with van der Waals surface area (Å²) in [6, 6.07) is 2.60. The van der Waals surface area contributed by atoms with Crippen molar-refractivity contribution >= 4 is 5.97 Å². The van der Waals surface area contributed by atoms with Crippen molar-refractivity contribution in [3.05, 3.63) is 35.4 Å². The first kappa shape index (κ1) is 13.4. The van der Waals surface area contributed by atoms with Gasteiger partial charge in [0, 0.05) is 12.1 Å². The Hall–Kier alpha value is -1.63. The molecule has 0 atom stereocenters. The van der Waals surface area contributed by atoms with Crippen LogP contribution in [-0.2, 0) is 11.3 Å². The van der Waals surface area contributed by atoms with Gasteiger partial charge in [0.05, 0.1) is 6.54 Å². The molecule has 0 bridgehead atoms. The second kappa shape index (κ2) is 5.13. The average molecular weight is 251 g/mol. The minimum atomic E-state index is -3.94. The molecule has 0 amide bonds. The van der Waals surface area contributed by atoms with E-state index < -0.39 is 30.1 Å². The molecule has 3 nitrogen and oxygen atoms in total. The van der Waals surface area contributed by atoms with Crippen LogP contribution in [0.15, 0.2) is 18.2 Å². The van der Waals surface area contributed by atoms with E-state index in [1.807, 2.05) is 0 Å². The fourth-order valence-corrected chi connectivity index (χ4v) is 1.11. The van der Waals surface area contributed by atoms with E-state index in [0.717, 1.165) is 18.2 Å². The third-order valence-electron chi connectivity index (χ3n) is 1.98. The Balaban J connectivity index is 2.57. The topological polar surface area (TPSA) is 49.3 Å². The number of nitrogens with one attached hydrogen (secondary N) is 1. The Morgan fingerprint density at radius 3 is 2.59 bits per heavy atom. The summed E-state index contributed by atoms with van der Waals surface area (Å²) in [4.78, 5) is 10.1. The van der Waals surface area contributed by atoms with Crippen LogP contribution in [0.5, 0.6) is 0 Å². The molecule has 1 rings (SSSR count). The predicted octanol–water partition coefficient (Wildman–Crippen LogP) is 1.77. The van der Waals surface area contributed by atoms with Gasteiger partial charge in [0.2, 0.25) is 0 Å². The largest absolute Gasteiger partial charge is 0.477 e. The van der Waals surface area contributed by atoms with Gasteiger partial charge in [0.25, 0.3) is 0 Å². The molecule has 0 radical (unpaired) electrons. The molecule has 94 valence electrons. The van der Waals surface area contributed by atoms with Gasteiger partial charge >= 0.3 is 11.9 Å². The van der Waals surface area contributed by atoms with E-state index in [-0.39, 0.29) is 12.1 Å². The van der Waals surface area contributed by atoms with Gasteiger partial charge in [-0.25, -0.2) is 13.6 Å². The number of rotatable bonds is 5. The van der Waals surface area contributed by atoms with Gasteiger partial charge in [-0.15, -0.1) is 0 Å². The van der Waals surface area contributed by atoms with Crippen LogP contribution in [-0.4, -0.2) is 23.5 Å². The molecular formula is C10H9F4NO2. The van der Waals surface area contributed by atoms with Gasteiger partial charge in [-0.2, -0.15) is 8.78 Å². The molecule has 0 spiro atoms. The highest BCUT2D eigenvalue weighted by Gasteiger charge is 2.38. The van der Waals surface area contributed by atoms with Gasteiger partial charge < -0.3 is 10.4 Å². The minimum Gasteiger partial charge on any atom is -0.477 e. The standard InChI is InChI=1S/C10H9F4NO2/c11-7-1-2-8(12)6(3-7)4-15-5-10(13,14)9(16)17/h1-3,15H,4-5H2,(H,16,17). The predicted molar refractivity (Wildman–Crippen MR) is 50.6 cm³/mol. The van der Waals surface area contributed by atoms with Crippen molar-refractivity contribution in [3.8, 4) is 0 Å². The van der Waals surface area contributed by atoms with Crippen LogP contribution in [0.4, 0.5) is 17.6 Å². The second-order valence-electron chi connectivity index (χ2n) is 3.35. The zero-order valence-electron chi connectivity index (χ0n) is 8.51. The summed E-state index contributed by atoms with van der Waals surface area (Å²) in [5, 5.41) is 10.2. The number of halogens is 4. The minimum absolute atomic E-state index is 0.147. The summed E-state index contributed by atoms with van der Waals surface area (Å²) in [6.07, 6.45) is 0.